The van der Waals surface area contributed by atoms with Crippen LogP contribution in [0.5, 0.6) is 5.75 Å². The zero-order valence-corrected chi connectivity index (χ0v) is 20.8. The Kier molecular flexibility index (Phi) is 6.45. The van der Waals surface area contributed by atoms with E-state index in [9.17, 15) is 9.59 Å². The number of nitrogens with zero attached hydrogens (tertiary/aromatic N) is 2. The molecule has 2 unspecified atom stereocenters. The van der Waals surface area contributed by atoms with Gasteiger partial charge in [-0.3, -0.25) is 14.5 Å². The fourth-order valence-electron chi connectivity index (χ4n) is 3.98. The molecule has 0 aliphatic carbocycles. The fraction of sp³-hybridized carbons (Fsp3) is 0.320. The summed E-state index contributed by atoms with van der Waals surface area (Å²) in [6, 6.07) is 10.3. The lowest BCUT2D eigenvalue weighted by Gasteiger charge is -2.37. The number of aryl methyl sites for hydroxylation is 2. The van der Waals surface area contributed by atoms with Gasteiger partial charge in [0.2, 0.25) is 5.91 Å². The Morgan fingerprint density at radius 1 is 1.27 bits per heavy atom. The molecule has 2 amide bonds. The molecule has 2 atom stereocenters. The third-order valence-corrected chi connectivity index (χ3v) is 7.14. The monoisotopic (exact) mass is 483 g/mol. The van der Waals surface area contributed by atoms with E-state index >= 15 is 0 Å². The number of halogens is 1. The number of carbonyl (C=O) groups excluding carboxylic acids is 2. The number of nitrogens with one attached hydrogen (secondary N) is 1. The molecular formula is C25H26ClN3O3S. The minimum atomic E-state index is -0.763. The molecule has 172 valence electrons. The number of amides is 2. The summed E-state index contributed by atoms with van der Waals surface area (Å²) in [6.45, 7) is 9.45. The van der Waals surface area contributed by atoms with Gasteiger partial charge in [-0.1, -0.05) is 24.6 Å². The van der Waals surface area contributed by atoms with Gasteiger partial charge < -0.3 is 10.1 Å². The molecule has 1 aromatic heterocycles. The normalized spacial score (nSPS) is 16.2. The summed E-state index contributed by atoms with van der Waals surface area (Å²) in [5.74, 6) is 0.0368. The lowest BCUT2D eigenvalue weighted by molar-refractivity contribution is -0.129. The quantitative estimate of drug-likeness (QED) is 0.489. The van der Waals surface area contributed by atoms with Crippen LogP contribution in [0.15, 0.2) is 36.4 Å². The maximum Gasteiger partial charge on any atom is 0.268 e. The van der Waals surface area contributed by atoms with Crippen LogP contribution in [0.25, 0.3) is 11.3 Å². The Labute approximate surface area is 202 Å². The van der Waals surface area contributed by atoms with E-state index in [-0.39, 0.29) is 11.8 Å². The van der Waals surface area contributed by atoms with Crippen molar-refractivity contribution in [1.29, 1.82) is 0 Å². The van der Waals surface area contributed by atoms with Crippen molar-refractivity contribution < 1.29 is 14.3 Å². The Morgan fingerprint density at radius 2 is 2.03 bits per heavy atom. The van der Waals surface area contributed by atoms with Crippen LogP contribution in [0, 0.1) is 20.8 Å². The highest BCUT2D eigenvalue weighted by molar-refractivity contribution is 7.11. The van der Waals surface area contributed by atoms with Gasteiger partial charge in [-0.2, -0.15) is 0 Å². The lowest BCUT2D eigenvalue weighted by Crippen LogP contribution is -2.53. The second-order valence-corrected chi connectivity index (χ2v) is 9.94. The van der Waals surface area contributed by atoms with Crippen LogP contribution >= 0.6 is 22.9 Å². The number of rotatable bonds is 5. The summed E-state index contributed by atoms with van der Waals surface area (Å²) in [5, 5.41) is 4.46. The van der Waals surface area contributed by atoms with Crippen molar-refractivity contribution in [2.75, 3.05) is 10.2 Å². The second-order valence-electron chi connectivity index (χ2n) is 8.12. The fourth-order valence-corrected chi connectivity index (χ4v) is 5.00. The molecule has 2 heterocycles. The molecule has 4 rings (SSSR count). The van der Waals surface area contributed by atoms with Crippen molar-refractivity contribution in [2.45, 2.75) is 53.2 Å². The average Bonchev–Trinajstić information content (AvgIpc) is 3.13. The molecule has 6 nitrogen and oxygen atoms in total. The molecule has 1 N–H and O–H groups in total. The minimum Gasteiger partial charge on any atom is -0.478 e. The first kappa shape index (κ1) is 23.3. The summed E-state index contributed by atoms with van der Waals surface area (Å²) in [7, 11) is 0. The van der Waals surface area contributed by atoms with Crippen molar-refractivity contribution in [1.82, 2.24) is 4.98 Å². The highest BCUT2D eigenvalue weighted by atomic mass is 35.5. The molecule has 0 bridgehead atoms. The Hall–Kier alpha value is -2.90. The molecule has 0 radical (unpaired) electrons. The Balaban J connectivity index is 1.72. The predicted octanol–water partition coefficient (Wildman–Crippen LogP) is 5.92. The number of aromatic nitrogens is 1. The number of thiazole rings is 1. The number of benzene rings is 2. The largest absolute Gasteiger partial charge is 0.478 e. The van der Waals surface area contributed by atoms with E-state index in [4.69, 9.17) is 16.3 Å². The van der Waals surface area contributed by atoms with Gasteiger partial charge in [-0.05, 0) is 70.0 Å². The van der Waals surface area contributed by atoms with Crippen LogP contribution in [0.4, 0.5) is 11.4 Å². The van der Waals surface area contributed by atoms with Gasteiger partial charge in [0.1, 0.15) is 11.8 Å². The molecule has 1 aliphatic rings. The zero-order valence-electron chi connectivity index (χ0n) is 19.2. The Bertz CT molecular complexity index is 1240. The van der Waals surface area contributed by atoms with E-state index in [0.717, 1.165) is 26.7 Å². The summed E-state index contributed by atoms with van der Waals surface area (Å²) in [6.07, 6.45) is -0.141. The number of anilines is 2. The van der Waals surface area contributed by atoms with Crippen LogP contribution < -0.4 is 15.0 Å². The number of carbonyl (C=O) groups is 2. The number of hydrogen-bond acceptors (Lipinski definition) is 5. The number of ether oxygens (including phenoxy) is 1. The summed E-state index contributed by atoms with van der Waals surface area (Å²) >= 11 is 7.83. The van der Waals surface area contributed by atoms with Gasteiger partial charge in [0.25, 0.3) is 5.91 Å². The zero-order chi connectivity index (χ0) is 23.9. The van der Waals surface area contributed by atoms with Crippen molar-refractivity contribution in [3.05, 3.63) is 56.9 Å². The maximum absolute atomic E-state index is 13.3. The molecule has 8 heteroatoms. The van der Waals surface area contributed by atoms with Crippen molar-refractivity contribution in [3.8, 4) is 17.0 Å². The molecule has 0 spiro atoms. The van der Waals surface area contributed by atoms with E-state index in [2.05, 4.69) is 10.3 Å². The number of fused-ring (bicyclic) bond motifs is 1. The van der Waals surface area contributed by atoms with E-state index < -0.39 is 12.1 Å². The second kappa shape index (κ2) is 9.15. The van der Waals surface area contributed by atoms with Crippen LogP contribution in [-0.2, 0) is 9.59 Å². The maximum atomic E-state index is 13.3. The smallest absolute Gasteiger partial charge is 0.268 e. The van der Waals surface area contributed by atoms with Crippen molar-refractivity contribution in [2.24, 2.45) is 0 Å². The van der Waals surface area contributed by atoms with Crippen LogP contribution in [-0.4, -0.2) is 28.9 Å². The molecule has 0 saturated carbocycles. The third kappa shape index (κ3) is 4.35. The van der Waals surface area contributed by atoms with Gasteiger partial charge in [-0.15, -0.1) is 11.3 Å². The first-order valence-corrected chi connectivity index (χ1v) is 12.0. The first-order chi connectivity index (χ1) is 15.7. The van der Waals surface area contributed by atoms with E-state index in [1.165, 1.54) is 0 Å². The summed E-state index contributed by atoms with van der Waals surface area (Å²) < 4.78 is 5.97. The molecule has 0 fully saturated rings. The lowest BCUT2D eigenvalue weighted by atomic mass is 10.0. The summed E-state index contributed by atoms with van der Waals surface area (Å²) in [5.41, 5.74) is 3.71. The average molecular weight is 484 g/mol. The minimum absolute atomic E-state index is 0.237. The van der Waals surface area contributed by atoms with Gasteiger partial charge in [0, 0.05) is 21.2 Å². The van der Waals surface area contributed by atoms with Gasteiger partial charge in [-0.25, -0.2) is 4.98 Å². The first-order valence-electron chi connectivity index (χ1n) is 10.9. The van der Waals surface area contributed by atoms with E-state index in [1.54, 1.807) is 41.4 Å². The molecule has 3 aromatic rings. The van der Waals surface area contributed by atoms with Crippen LogP contribution in [0.3, 0.4) is 0 Å². The van der Waals surface area contributed by atoms with Crippen LogP contribution in [0.2, 0.25) is 5.02 Å². The third-order valence-electron chi connectivity index (χ3n) is 5.84. The Morgan fingerprint density at radius 3 is 2.70 bits per heavy atom. The standard InChI is InChI=1S/C25H26ClN3O3S/c1-6-21-25(31)29(14(3)24(30)28-19-9-7-8-18(26)13(19)2)20-12-17(10-11-22(20)32-21)23-15(4)33-16(5)27-23/h7-12,14,21H,6H2,1-5H3,(H,28,30). The molecule has 2 aromatic carbocycles. The van der Waals surface area contributed by atoms with E-state index in [1.807, 2.05) is 45.9 Å². The topological polar surface area (TPSA) is 71.5 Å². The van der Waals surface area contributed by atoms with Crippen molar-refractivity contribution >= 4 is 46.1 Å². The highest BCUT2D eigenvalue weighted by Gasteiger charge is 2.39. The van der Waals surface area contributed by atoms with Gasteiger partial charge >= 0.3 is 0 Å². The van der Waals surface area contributed by atoms with Gasteiger partial charge in [0.15, 0.2) is 6.10 Å². The molecule has 1 aliphatic heterocycles. The predicted molar refractivity (Wildman–Crippen MR) is 133 cm³/mol. The molecule has 0 saturated heterocycles. The van der Waals surface area contributed by atoms with Gasteiger partial charge in [0.05, 0.1) is 16.4 Å². The number of hydrogen-bond donors (Lipinski definition) is 1. The molecule has 33 heavy (non-hydrogen) atoms. The van der Waals surface area contributed by atoms with Crippen LogP contribution in [0.1, 0.15) is 35.7 Å². The highest BCUT2D eigenvalue weighted by Crippen LogP contribution is 2.40. The molecular weight excluding hydrogens is 458 g/mol. The van der Waals surface area contributed by atoms with E-state index in [0.29, 0.717) is 28.6 Å². The SMILES string of the molecule is CCC1Oc2ccc(-c3nc(C)sc3C)cc2N(C(C)C(=O)Nc2cccc(Cl)c2C)C1=O. The van der Waals surface area contributed by atoms with Crippen molar-refractivity contribution in [3.63, 3.8) is 0 Å². The summed E-state index contributed by atoms with van der Waals surface area (Å²) in [4.78, 5) is 33.9.